The average Bonchev–Trinajstić information content (AvgIpc) is 3.29. The average molecular weight is 385 g/mol. The van der Waals surface area contributed by atoms with Crippen molar-refractivity contribution in [3.63, 3.8) is 0 Å². The normalized spacial score (nSPS) is 21.9. The Bertz CT molecular complexity index is 1100. The van der Waals surface area contributed by atoms with E-state index in [0.717, 1.165) is 11.1 Å². The molecule has 1 aliphatic heterocycles. The highest BCUT2D eigenvalue weighted by molar-refractivity contribution is 5.65. The summed E-state index contributed by atoms with van der Waals surface area (Å²) >= 11 is 0. The van der Waals surface area contributed by atoms with Crippen LogP contribution < -0.4 is 11.2 Å². The maximum atomic E-state index is 12.3. The third kappa shape index (κ3) is 3.31. The zero-order valence-electron chi connectivity index (χ0n) is 15.0. The molecular weight excluding hydrogens is 366 g/mol. The standard InChI is InChI=1S/C19H19N3O6/c1-10-2-4-11(5-3-10)15-6-13(21-28-15)12-8-22(19(26)20-18(12)25)17-7-14(24)16(9-23)27-17/h2-6,8,14,16-17,23-24H,7,9H2,1H3,(H,20,25,26)/t14-,16+,17+/m0/s1. The molecule has 0 spiro atoms. The van der Waals surface area contributed by atoms with Gasteiger partial charge in [0.1, 0.15) is 18.0 Å². The second-order valence-electron chi connectivity index (χ2n) is 6.77. The number of aromatic amines is 1. The third-order valence-corrected chi connectivity index (χ3v) is 4.78. The first-order valence-electron chi connectivity index (χ1n) is 8.80. The summed E-state index contributed by atoms with van der Waals surface area (Å²) in [6.07, 6.45) is -1.05. The second kappa shape index (κ2) is 7.19. The number of rotatable bonds is 4. The van der Waals surface area contributed by atoms with Crippen LogP contribution in [0.4, 0.5) is 0 Å². The fraction of sp³-hybridized carbons (Fsp3) is 0.316. The molecule has 3 atom stereocenters. The van der Waals surface area contributed by atoms with E-state index >= 15 is 0 Å². The fourth-order valence-corrected chi connectivity index (χ4v) is 3.19. The van der Waals surface area contributed by atoms with Crippen molar-refractivity contribution in [3.05, 3.63) is 62.9 Å². The first-order chi connectivity index (χ1) is 13.5. The molecule has 4 rings (SSSR count). The summed E-state index contributed by atoms with van der Waals surface area (Å²) in [6.45, 7) is 1.60. The van der Waals surface area contributed by atoms with Crippen LogP contribution in [0.2, 0.25) is 0 Å². The lowest BCUT2D eigenvalue weighted by Gasteiger charge is -2.14. The molecule has 2 aromatic heterocycles. The number of ether oxygens (including phenoxy) is 1. The van der Waals surface area contributed by atoms with E-state index in [0.29, 0.717) is 5.76 Å². The number of hydrogen-bond donors (Lipinski definition) is 3. The number of benzene rings is 1. The van der Waals surface area contributed by atoms with Gasteiger partial charge in [0.15, 0.2) is 5.76 Å². The molecule has 0 aliphatic carbocycles. The monoisotopic (exact) mass is 385 g/mol. The van der Waals surface area contributed by atoms with E-state index in [1.54, 1.807) is 6.07 Å². The summed E-state index contributed by atoms with van der Waals surface area (Å²) in [5, 5.41) is 23.1. The molecule has 9 nitrogen and oxygen atoms in total. The molecule has 3 N–H and O–H groups in total. The van der Waals surface area contributed by atoms with Gasteiger partial charge >= 0.3 is 5.69 Å². The Morgan fingerprint density at radius 3 is 2.71 bits per heavy atom. The molecule has 0 bridgehead atoms. The fourth-order valence-electron chi connectivity index (χ4n) is 3.19. The maximum absolute atomic E-state index is 12.3. The van der Waals surface area contributed by atoms with Crippen LogP contribution in [-0.2, 0) is 4.74 Å². The van der Waals surface area contributed by atoms with E-state index in [1.165, 1.54) is 10.8 Å². The Kier molecular flexibility index (Phi) is 4.71. The summed E-state index contributed by atoms with van der Waals surface area (Å²) in [5.74, 6) is 0.486. The van der Waals surface area contributed by atoms with Crippen LogP contribution in [0.25, 0.3) is 22.6 Å². The molecule has 0 unspecified atom stereocenters. The molecule has 1 fully saturated rings. The summed E-state index contributed by atoms with van der Waals surface area (Å²) < 4.78 is 12.0. The number of aliphatic hydroxyl groups is 2. The molecule has 0 radical (unpaired) electrons. The van der Waals surface area contributed by atoms with Gasteiger partial charge in [0.2, 0.25) is 0 Å². The highest BCUT2D eigenvalue weighted by Crippen LogP contribution is 2.29. The van der Waals surface area contributed by atoms with Crippen molar-refractivity contribution in [3.8, 4) is 22.6 Å². The zero-order chi connectivity index (χ0) is 19.8. The minimum Gasteiger partial charge on any atom is -0.394 e. The predicted octanol–water partition coefficient (Wildman–Crippen LogP) is 0.808. The van der Waals surface area contributed by atoms with Gasteiger partial charge in [0, 0.05) is 24.2 Å². The van der Waals surface area contributed by atoms with Crippen LogP contribution in [0.3, 0.4) is 0 Å². The lowest BCUT2D eigenvalue weighted by Crippen LogP contribution is -2.33. The minimum atomic E-state index is -0.905. The van der Waals surface area contributed by atoms with Gasteiger partial charge in [0.05, 0.1) is 18.3 Å². The molecule has 1 aliphatic rings. The SMILES string of the molecule is Cc1ccc(-c2cc(-c3cn([C@H]4C[C@H](O)[C@@H](CO)O4)c(=O)[nH]c3=O)no2)cc1. The van der Waals surface area contributed by atoms with Crippen LogP contribution in [0.15, 0.2) is 50.6 Å². The lowest BCUT2D eigenvalue weighted by molar-refractivity contribution is -0.0458. The van der Waals surface area contributed by atoms with Gasteiger partial charge in [-0.2, -0.15) is 0 Å². The molecular formula is C19H19N3O6. The summed E-state index contributed by atoms with van der Waals surface area (Å²) in [7, 11) is 0. The van der Waals surface area contributed by atoms with E-state index in [4.69, 9.17) is 9.26 Å². The van der Waals surface area contributed by atoms with E-state index in [9.17, 15) is 19.8 Å². The minimum absolute atomic E-state index is 0.115. The van der Waals surface area contributed by atoms with Crippen molar-refractivity contribution >= 4 is 0 Å². The number of H-pyrrole nitrogens is 1. The van der Waals surface area contributed by atoms with Crippen LogP contribution in [0, 0.1) is 6.92 Å². The number of aliphatic hydroxyl groups excluding tert-OH is 2. The van der Waals surface area contributed by atoms with E-state index < -0.39 is 29.7 Å². The molecule has 3 aromatic rings. The first-order valence-corrected chi connectivity index (χ1v) is 8.80. The van der Waals surface area contributed by atoms with Gasteiger partial charge in [-0.25, -0.2) is 4.79 Å². The quantitative estimate of drug-likeness (QED) is 0.606. The lowest BCUT2D eigenvalue weighted by atomic mass is 10.1. The van der Waals surface area contributed by atoms with Gasteiger partial charge in [0.25, 0.3) is 5.56 Å². The van der Waals surface area contributed by atoms with Gasteiger partial charge in [-0.15, -0.1) is 0 Å². The number of aryl methyl sites for hydroxylation is 1. The van der Waals surface area contributed by atoms with Crippen LogP contribution in [0.1, 0.15) is 18.2 Å². The van der Waals surface area contributed by atoms with Crippen LogP contribution in [-0.4, -0.2) is 43.7 Å². The van der Waals surface area contributed by atoms with Gasteiger partial charge in [-0.05, 0) is 6.92 Å². The van der Waals surface area contributed by atoms with Crippen molar-refractivity contribution in [2.75, 3.05) is 6.61 Å². The van der Waals surface area contributed by atoms with E-state index in [1.807, 2.05) is 31.2 Å². The number of nitrogens with one attached hydrogen (secondary N) is 1. The van der Waals surface area contributed by atoms with Crippen molar-refractivity contribution in [1.29, 1.82) is 0 Å². The van der Waals surface area contributed by atoms with Crippen LogP contribution in [0.5, 0.6) is 0 Å². The van der Waals surface area contributed by atoms with Crippen molar-refractivity contribution in [2.24, 2.45) is 0 Å². The van der Waals surface area contributed by atoms with Crippen molar-refractivity contribution in [1.82, 2.24) is 14.7 Å². The molecule has 28 heavy (non-hydrogen) atoms. The Labute approximate surface area is 158 Å². The summed E-state index contributed by atoms with van der Waals surface area (Å²) in [5.41, 5.74) is 1.03. The number of nitrogens with zero attached hydrogens (tertiary/aromatic N) is 2. The van der Waals surface area contributed by atoms with Crippen LogP contribution >= 0.6 is 0 Å². The Morgan fingerprint density at radius 1 is 1.29 bits per heavy atom. The molecule has 3 heterocycles. The van der Waals surface area contributed by atoms with Gasteiger partial charge in [-0.3, -0.25) is 14.3 Å². The number of aromatic nitrogens is 3. The molecule has 9 heteroatoms. The topological polar surface area (TPSA) is 131 Å². The largest absolute Gasteiger partial charge is 0.394 e. The first kappa shape index (κ1) is 18.4. The second-order valence-corrected chi connectivity index (χ2v) is 6.77. The van der Waals surface area contributed by atoms with E-state index in [2.05, 4.69) is 10.1 Å². The highest BCUT2D eigenvalue weighted by Gasteiger charge is 2.35. The maximum Gasteiger partial charge on any atom is 0.330 e. The Balaban J connectivity index is 1.70. The summed E-state index contributed by atoms with van der Waals surface area (Å²) in [6, 6.07) is 9.25. The van der Waals surface area contributed by atoms with E-state index in [-0.39, 0.29) is 24.3 Å². The molecule has 146 valence electrons. The Morgan fingerprint density at radius 2 is 2.04 bits per heavy atom. The molecule has 1 saturated heterocycles. The third-order valence-electron chi connectivity index (χ3n) is 4.78. The highest BCUT2D eigenvalue weighted by atomic mass is 16.5. The molecule has 0 saturated carbocycles. The zero-order valence-corrected chi connectivity index (χ0v) is 15.0. The van der Waals surface area contributed by atoms with Gasteiger partial charge in [-0.1, -0.05) is 35.0 Å². The smallest absolute Gasteiger partial charge is 0.330 e. The molecule has 0 amide bonds. The molecule has 1 aromatic carbocycles. The number of hydrogen-bond acceptors (Lipinski definition) is 7. The van der Waals surface area contributed by atoms with Crippen molar-refractivity contribution < 1.29 is 19.5 Å². The van der Waals surface area contributed by atoms with Crippen molar-refractivity contribution in [2.45, 2.75) is 31.8 Å². The predicted molar refractivity (Wildman–Crippen MR) is 98.6 cm³/mol. The van der Waals surface area contributed by atoms with Gasteiger partial charge < -0.3 is 19.5 Å². The summed E-state index contributed by atoms with van der Waals surface area (Å²) in [4.78, 5) is 26.7. The Hall–Kier alpha value is -3.01.